The lowest BCUT2D eigenvalue weighted by atomic mass is 10.2. The summed E-state index contributed by atoms with van der Waals surface area (Å²) in [5.74, 6) is 0.161. The number of nitrogens with one attached hydrogen (secondary N) is 1. The normalized spacial score (nSPS) is 10.1. The van der Waals surface area contributed by atoms with Crippen molar-refractivity contribution < 1.29 is 14.3 Å². The number of carbonyl (C=O) groups excluding carboxylic acids is 2. The van der Waals surface area contributed by atoms with Crippen LogP contribution in [0.4, 0.5) is 5.69 Å². The van der Waals surface area contributed by atoms with Crippen molar-refractivity contribution >= 4 is 29.1 Å². The Balaban J connectivity index is 2.03. The molecule has 0 saturated heterocycles. The van der Waals surface area contributed by atoms with Crippen molar-refractivity contribution in [3.05, 3.63) is 59.1 Å². The summed E-state index contributed by atoms with van der Waals surface area (Å²) in [6.45, 7) is 1.65. The maximum absolute atomic E-state index is 12.2. The topological polar surface area (TPSA) is 58.6 Å². The fraction of sp³-hybridized carbons (Fsp3) is 0.222. The van der Waals surface area contributed by atoms with Gasteiger partial charge < -0.3 is 15.0 Å². The van der Waals surface area contributed by atoms with E-state index in [9.17, 15) is 9.59 Å². The van der Waals surface area contributed by atoms with Crippen molar-refractivity contribution in [2.45, 2.75) is 13.5 Å². The SMILES string of the molecule is COc1cccc(NC(=O)CN(Cc2ccccc2Cl)C(C)=O)c1. The molecule has 2 aromatic carbocycles. The molecule has 0 atom stereocenters. The van der Waals surface area contributed by atoms with Crippen molar-refractivity contribution in [3.8, 4) is 5.75 Å². The van der Waals surface area contributed by atoms with Gasteiger partial charge in [-0.05, 0) is 23.8 Å². The number of carbonyl (C=O) groups is 2. The summed E-state index contributed by atoms with van der Waals surface area (Å²) in [6, 6.07) is 14.3. The van der Waals surface area contributed by atoms with Gasteiger partial charge in [-0.2, -0.15) is 0 Å². The van der Waals surface area contributed by atoms with Crippen molar-refractivity contribution in [2.75, 3.05) is 19.0 Å². The fourth-order valence-corrected chi connectivity index (χ4v) is 2.38. The van der Waals surface area contributed by atoms with Crippen molar-refractivity contribution in [2.24, 2.45) is 0 Å². The van der Waals surface area contributed by atoms with Gasteiger partial charge in [0.25, 0.3) is 0 Å². The molecule has 0 aliphatic heterocycles. The van der Waals surface area contributed by atoms with Crippen LogP contribution in [0.5, 0.6) is 5.75 Å². The number of methoxy groups -OCH3 is 1. The zero-order valence-electron chi connectivity index (χ0n) is 13.6. The number of hydrogen-bond acceptors (Lipinski definition) is 3. The largest absolute Gasteiger partial charge is 0.497 e. The van der Waals surface area contributed by atoms with Crippen LogP contribution in [0.25, 0.3) is 0 Å². The Morgan fingerprint density at radius 3 is 2.58 bits per heavy atom. The molecule has 5 nitrogen and oxygen atoms in total. The molecule has 24 heavy (non-hydrogen) atoms. The zero-order chi connectivity index (χ0) is 17.5. The molecule has 0 saturated carbocycles. The predicted octanol–water partition coefficient (Wildman–Crippen LogP) is 3.34. The minimum absolute atomic E-state index is 0.0578. The van der Waals surface area contributed by atoms with Crippen LogP contribution in [0.2, 0.25) is 5.02 Å². The summed E-state index contributed by atoms with van der Waals surface area (Å²) < 4.78 is 5.12. The monoisotopic (exact) mass is 346 g/mol. The summed E-state index contributed by atoms with van der Waals surface area (Å²) >= 11 is 6.12. The molecule has 0 radical (unpaired) electrons. The number of amides is 2. The van der Waals surface area contributed by atoms with E-state index >= 15 is 0 Å². The van der Waals surface area contributed by atoms with Crippen LogP contribution in [0.3, 0.4) is 0 Å². The predicted molar refractivity (Wildman–Crippen MR) is 94.2 cm³/mol. The number of hydrogen-bond donors (Lipinski definition) is 1. The quantitative estimate of drug-likeness (QED) is 0.872. The van der Waals surface area contributed by atoms with Crippen LogP contribution in [-0.4, -0.2) is 30.4 Å². The van der Waals surface area contributed by atoms with Crippen molar-refractivity contribution in [1.29, 1.82) is 0 Å². The van der Waals surface area contributed by atoms with E-state index in [0.29, 0.717) is 16.5 Å². The Hall–Kier alpha value is -2.53. The van der Waals surface area contributed by atoms with Gasteiger partial charge in [0, 0.05) is 30.2 Å². The molecule has 0 aliphatic rings. The molecule has 2 amide bonds. The summed E-state index contributed by atoms with van der Waals surface area (Å²) in [7, 11) is 1.56. The van der Waals surface area contributed by atoms with Gasteiger partial charge in [0.15, 0.2) is 0 Å². The zero-order valence-corrected chi connectivity index (χ0v) is 14.3. The Morgan fingerprint density at radius 1 is 1.17 bits per heavy atom. The lowest BCUT2D eigenvalue weighted by Gasteiger charge is -2.21. The van der Waals surface area contributed by atoms with Crippen LogP contribution < -0.4 is 10.1 Å². The molecule has 2 rings (SSSR count). The Bertz CT molecular complexity index is 734. The molecule has 126 valence electrons. The van der Waals surface area contributed by atoms with E-state index in [1.165, 1.54) is 11.8 Å². The van der Waals surface area contributed by atoms with E-state index in [2.05, 4.69) is 5.32 Å². The van der Waals surface area contributed by atoms with Gasteiger partial charge in [0.05, 0.1) is 7.11 Å². The Labute approximate surface area is 146 Å². The molecule has 0 bridgehead atoms. The third-order valence-corrected chi connectivity index (χ3v) is 3.82. The minimum atomic E-state index is -0.287. The van der Waals surface area contributed by atoms with Gasteiger partial charge in [-0.3, -0.25) is 9.59 Å². The van der Waals surface area contributed by atoms with Crippen molar-refractivity contribution in [1.82, 2.24) is 4.90 Å². The maximum Gasteiger partial charge on any atom is 0.244 e. The standard InChI is InChI=1S/C18H19ClN2O3/c1-13(22)21(11-14-6-3-4-9-17(14)19)12-18(23)20-15-7-5-8-16(10-15)24-2/h3-10H,11-12H2,1-2H3,(H,20,23). The molecule has 0 fully saturated rings. The summed E-state index contributed by atoms with van der Waals surface area (Å²) in [5, 5.41) is 3.32. The first-order chi connectivity index (χ1) is 11.5. The third-order valence-electron chi connectivity index (χ3n) is 3.45. The van der Waals surface area contributed by atoms with Gasteiger partial charge >= 0.3 is 0 Å². The third kappa shape index (κ3) is 4.99. The van der Waals surface area contributed by atoms with E-state index in [-0.39, 0.29) is 24.9 Å². The highest BCUT2D eigenvalue weighted by Gasteiger charge is 2.15. The average molecular weight is 347 g/mol. The van der Waals surface area contributed by atoms with E-state index in [0.717, 1.165) is 5.56 Å². The van der Waals surface area contributed by atoms with Gasteiger partial charge in [0.1, 0.15) is 12.3 Å². The highest BCUT2D eigenvalue weighted by atomic mass is 35.5. The van der Waals surface area contributed by atoms with E-state index in [4.69, 9.17) is 16.3 Å². The van der Waals surface area contributed by atoms with Crippen LogP contribution in [0.15, 0.2) is 48.5 Å². The summed E-state index contributed by atoms with van der Waals surface area (Å²) in [5.41, 5.74) is 1.41. The van der Waals surface area contributed by atoms with Gasteiger partial charge in [0.2, 0.25) is 11.8 Å². The lowest BCUT2D eigenvalue weighted by Crippen LogP contribution is -2.36. The average Bonchev–Trinajstić information content (AvgIpc) is 2.56. The van der Waals surface area contributed by atoms with Gasteiger partial charge in [-0.25, -0.2) is 0 Å². The summed E-state index contributed by atoms with van der Waals surface area (Å²) in [4.78, 5) is 25.5. The number of nitrogens with zero attached hydrogens (tertiary/aromatic N) is 1. The van der Waals surface area contributed by atoms with E-state index in [1.807, 2.05) is 18.2 Å². The second-order valence-electron chi connectivity index (χ2n) is 5.25. The Morgan fingerprint density at radius 2 is 1.92 bits per heavy atom. The smallest absolute Gasteiger partial charge is 0.244 e. The molecule has 0 aliphatic carbocycles. The number of benzene rings is 2. The first kappa shape index (κ1) is 17.8. The number of ether oxygens (including phenoxy) is 1. The molecule has 0 spiro atoms. The summed E-state index contributed by atoms with van der Waals surface area (Å²) in [6.07, 6.45) is 0. The van der Waals surface area contributed by atoms with Gasteiger partial charge in [-0.1, -0.05) is 35.9 Å². The number of anilines is 1. The first-order valence-corrected chi connectivity index (χ1v) is 7.80. The molecule has 0 aromatic heterocycles. The minimum Gasteiger partial charge on any atom is -0.497 e. The van der Waals surface area contributed by atoms with E-state index in [1.54, 1.807) is 37.4 Å². The first-order valence-electron chi connectivity index (χ1n) is 7.42. The lowest BCUT2D eigenvalue weighted by molar-refractivity contribution is -0.133. The maximum atomic E-state index is 12.2. The van der Waals surface area contributed by atoms with Crippen molar-refractivity contribution in [3.63, 3.8) is 0 Å². The van der Waals surface area contributed by atoms with Crippen LogP contribution in [-0.2, 0) is 16.1 Å². The second-order valence-corrected chi connectivity index (χ2v) is 5.65. The van der Waals surface area contributed by atoms with Crippen LogP contribution in [0, 0.1) is 0 Å². The molecular weight excluding hydrogens is 328 g/mol. The molecular formula is C18H19ClN2O3. The number of halogens is 1. The molecule has 2 aromatic rings. The highest BCUT2D eigenvalue weighted by Crippen LogP contribution is 2.18. The molecule has 0 unspecified atom stereocenters. The second kappa shape index (κ2) is 8.36. The fourth-order valence-electron chi connectivity index (χ4n) is 2.19. The van der Waals surface area contributed by atoms with Crippen LogP contribution in [0.1, 0.15) is 12.5 Å². The molecule has 6 heteroatoms. The molecule has 1 N–H and O–H groups in total. The van der Waals surface area contributed by atoms with Crippen LogP contribution >= 0.6 is 11.6 Å². The molecule has 0 heterocycles. The van der Waals surface area contributed by atoms with Gasteiger partial charge in [-0.15, -0.1) is 0 Å². The van der Waals surface area contributed by atoms with E-state index < -0.39 is 0 Å². The highest BCUT2D eigenvalue weighted by molar-refractivity contribution is 6.31. The number of rotatable bonds is 6. The Kier molecular flexibility index (Phi) is 6.21.